The number of aromatic nitrogens is 2. The summed E-state index contributed by atoms with van der Waals surface area (Å²) in [5.74, 6) is -0.485. The Morgan fingerprint density at radius 1 is 0.900 bits per heavy atom. The molecule has 1 N–H and O–H groups in total. The van der Waals surface area contributed by atoms with Gasteiger partial charge in [0.2, 0.25) is 5.13 Å². The minimum Gasteiger partial charge on any atom is -0.507 e. The molecule has 0 aliphatic carbocycles. The van der Waals surface area contributed by atoms with E-state index in [1.807, 2.05) is 0 Å². The maximum atomic E-state index is 14.3. The topological polar surface area (TPSA) is 111 Å². The Morgan fingerprint density at radius 3 is 2.38 bits per heavy atom. The van der Waals surface area contributed by atoms with Crippen molar-refractivity contribution in [3.63, 3.8) is 0 Å². The highest BCUT2D eigenvalue weighted by Crippen LogP contribution is 2.46. The number of aliphatic hydroxyl groups excluding tert-OH is 1. The fourth-order valence-corrected chi connectivity index (χ4v) is 7.37. The normalized spacial score (nSPS) is 15.4. The van der Waals surface area contributed by atoms with Crippen LogP contribution in [0.5, 0.6) is 17.2 Å². The molecule has 1 amide bonds. The molecule has 4 aromatic rings. The lowest BCUT2D eigenvalue weighted by Crippen LogP contribution is -2.29. The van der Waals surface area contributed by atoms with E-state index in [9.17, 15) is 19.1 Å². The zero-order valence-electron chi connectivity index (χ0n) is 28.5. The van der Waals surface area contributed by atoms with Crippen LogP contribution >= 0.6 is 23.1 Å². The number of amides is 1. The summed E-state index contributed by atoms with van der Waals surface area (Å²) in [5, 5.41) is 20.3. The molecule has 9 nitrogen and oxygen atoms in total. The van der Waals surface area contributed by atoms with Crippen LogP contribution in [-0.4, -0.2) is 47.3 Å². The quantitative estimate of drug-likeness (QED) is 0.0269. The van der Waals surface area contributed by atoms with E-state index < -0.39 is 17.7 Å². The van der Waals surface area contributed by atoms with Crippen molar-refractivity contribution in [1.29, 1.82) is 0 Å². The molecule has 1 fully saturated rings. The number of hydrogen-bond acceptors (Lipinski definition) is 10. The molecule has 0 bridgehead atoms. The van der Waals surface area contributed by atoms with Gasteiger partial charge in [0.25, 0.3) is 5.78 Å². The maximum absolute atomic E-state index is 14.3. The number of ether oxygens (including phenoxy) is 3. The highest BCUT2D eigenvalue weighted by atomic mass is 32.2. The van der Waals surface area contributed by atoms with Crippen LogP contribution in [0.25, 0.3) is 5.76 Å². The Bertz CT molecular complexity index is 1800. The number of anilines is 1. The predicted octanol–water partition coefficient (Wildman–Crippen LogP) is 9.13. The number of Topliss-reactive ketones (excluding diaryl/α,β-unsaturated/α-hetero) is 1. The summed E-state index contributed by atoms with van der Waals surface area (Å²) in [6.45, 7) is 5.34. The van der Waals surface area contributed by atoms with Crippen molar-refractivity contribution in [3.8, 4) is 17.2 Å². The van der Waals surface area contributed by atoms with Crippen molar-refractivity contribution >= 4 is 45.7 Å². The van der Waals surface area contributed by atoms with Gasteiger partial charge in [-0.1, -0.05) is 93.3 Å². The number of carbonyl (C=O) groups is 2. The molecule has 5 rings (SSSR count). The molecule has 12 heteroatoms. The summed E-state index contributed by atoms with van der Waals surface area (Å²) in [7, 11) is 1.53. The monoisotopic (exact) mass is 719 g/mol. The second-order valence-corrected chi connectivity index (χ2v) is 14.0. The number of rotatable bonds is 18. The number of unbranched alkanes of at least 4 members (excludes halogenated alkanes) is 5. The van der Waals surface area contributed by atoms with Crippen molar-refractivity contribution in [2.45, 2.75) is 74.9 Å². The first-order chi connectivity index (χ1) is 24.4. The minimum atomic E-state index is -1.05. The van der Waals surface area contributed by atoms with Crippen LogP contribution in [0.15, 0.2) is 76.6 Å². The van der Waals surface area contributed by atoms with Crippen molar-refractivity contribution in [3.05, 3.63) is 94.8 Å². The molecule has 1 aliphatic rings. The van der Waals surface area contributed by atoms with Crippen LogP contribution in [0.3, 0.4) is 0 Å². The van der Waals surface area contributed by atoms with Gasteiger partial charge in [-0.2, -0.15) is 0 Å². The Kier molecular flexibility index (Phi) is 13.3. The number of hydrogen-bond donors (Lipinski definition) is 1. The van der Waals surface area contributed by atoms with E-state index in [4.69, 9.17) is 14.2 Å². The summed E-state index contributed by atoms with van der Waals surface area (Å²) in [6, 6.07) is 17.4. The number of methoxy groups -OCH3 is 1. The zero-order valence-corrected chi connectivity index (χ0v) is 30.2. The third-order valence-corrected chi connectivity index (χ3v) is 10.4. The van der Waals surface area contributed by atoms with E-state index in [0.29, 0.717) is 57.2 Å². The second-order valence-electron chi connectivity index (χ2n) is 11.8. The van der Waals surface area contributed by atoms with Gasteiger partial charge in [-0.15, -0.1) is 10.2 Å². The summed E-state index contributed by atoms with van der Waals surface area (Å²) >= 11 is 2.38. The standard InChI is InChI=1S/C38H42FN3O6S2/c1-4-6-8-9-12-22-48-30-20-17-26(23-31(30)46-3)33-32(34(43)25-15-18-28(19-16-25)47-21-7-5-2)35(44)36(45)42(33)37-40-41-38(50-37)49-24-27-13-10-11-14-29(27)39/h10-11,13-20,23,33,43H,4-9,12,21-22,24H2,1-3H3. The number of carbonyl (C=O) groups excluding carboxylic acids is 2. The fourth-order valence-electron chi connectivity index (χ4n) is 5.52. The molecule has 1 atom stereocenters. The molecule has 50 heavy (non-hydrogen) atoms. The zero-order chi connectivity index (χ0) is 35.5. The summed E-state index contributed by atoms with van der Waals surface area (Å²) in [4.78, 5) is 28.8. The summed E-state index contributed by atoms with van der Waals surface area (Å²) in [6.07, 6.45) is 7.38. The van der Waals surface area contributed by atoms with Gasteiger partial charge in [0, 0.05) is 11.3 Å². The van der Waals surface area contributed by atoms with E-state index in [1.54, 1.807) is 60.7 Å². The first-order valence-electron chi connectivity index (χ1n) is 16.9. The van der Waals surface area contributed by atoms with Gasteiger partial charge in [0.1, 0.15) is 17.3 Å². The lowest BCUT2D eigenvalue weighted by molar-refractivity contribution is -0.132. The van der Waals surface area contributed by atoms with Crippen LogP contribution < -0.4 is 19.1 Å². The Morgan fingerprint density at radius 2 is 1.64 bits per heavy atom. The van der Waals surface area contributed by atoms with Crippen LogP contribution in [0.1, 0.15) is 81.5 Å². The van der Waals surface area contributed by atoms with Gasteiger partial charge < -0.3 is 19.3 Å². The van der Waals surface area contributed by atoms with Crippen molar-refractivity contribution in [1.82, 2.24) is 10.2 Å². The van der Waals surface area contributed by atoms with Gasteiger partial charge in [0.05, 0.1) is 31.9 Å². The van der Waals surface area contributed by atoms with Crippen LogP contribution in [0.4, 0.5) is 9.52 Å². The fraction of sp³-hybridized carbons (Fsp3) is 0.368. The number of nitrogens with zero attached hydrogens (tertiary/aromatic N) is 3. The van der Waals surface area contributed by atoms with E-state index >= 15 is 0 Å². The van der Waals surface area contributed by atoms with Crippen LogP contribution in [-0.2, 0) is 15.3 Å². The molecule has 0 radical (unpaired) electrons. The van der Waals surface area contributed by atoms with Crippen LogP contribution in [0, 0.1) is 5.82 Å². The smallest absolute Gasteiger partial charge is 0.301 e. The predicted molar refractivity (Wildman–Crippen MR) is 195 cm³/mol. The Labute approximate surface area is 300 Å². The van der Waals surface area contributed by atoms with Gasteiger partial charge in [-0.05, 0) is 66.4 Å². The van der Waals surface area contributed by atoms with Crippen molar-refractivity contribution < 1.29 is 33.3 Å². The Balaban J connectivity index is 1.48. The molecular weight excluding hydrogens is 678 g/mol. The van der Waals surface area contributed by atoms with Gasteiger partial charge >= 0.3 is 5.91 Å². The first kappa shape index (κ1) is 36.9. The number of aliphatic hydroxyl groups is 1. The number of halogens is 1. The van der Waals surface area contributed by atoms with E-state index in [1.165, 1.54) is 36.3 Å². The molecule has 264 valence electrons. The largest absolute Gasteiger partial charge is 0.507 e. The third kappa shape index (κ3) is 8.83. The van der Waals surface area contributed by atoms with Crippen LogP contribution in [0.2, 0.25) is 0 Å². The summed E-state index contributed by atoms with van der Waals surface area (Å²) < 4.78 is 32.3. The van der Waals surface area contributed by atoms with Gasteiger partial charge in [0.15, 0.2) is 15.8 Å². The molecule has 1 saturated heterocycles. The van der Waals surface area contributed by atoms with Crippen molar-refractivity contribution in [2.75, 3.05) is 25.2 Å². The maximum Gasteiger partial charge on any atom is 0.301 e. The molecule has 3 aromatic carbocycles. The summed E-state index contributed by atoms with van der Waals surface area (Å²) in [5.41, 5.74) is 1.27. The van der Waals surface area contributed by atoms with E-state index in [-0.39, 0.29) is 22.3 Å². The van der Waals surface area contributed by atoms with E-state index in [2.05, 4.69) is 24.0 Å². The molecular formula is C38H42FN3O6S2. The van der Waals surface area contributed by atoms with Gasteiger partial charge in [-0.3, -0.25) is 14.5 Å². The number of thioether (sulfide) groups is 1. The first-order valence-corrected chi connectivity index (χ1v) is 18.7. The molecule has 0 saturated carbocycles. The average Bonchev–Trinajstić information content (AvgIpc) is 3.70. The second kappa shape index (κ2) is 18.0. The van der Waals surface area contributed by atoms with Crippen molar-refractivity contribution in [2.24, 2.45) is 0 Å². The number of benzene rings is 3. The Hall–Kier alpha value is -4.42. The van der Waals surface area contributed by atoms with Gasteiger partial charge in [-0.25, -0.2) is 4.39 Å². The molecule has 1 aliphatic heterocycles. The third-order valence-electron chi connectivity index (χ3n) is 8.26. The molecule has 2 heterocycles. The SMILES string of the molecule is CCCCCCCOc1ccc(C2C(=C(O)c3ccc(OCCCC)cc3)C(=O)C(=O)N2c2nnc(SCc3ccccc3F)s2)cc1OC. The molecule has 1 unspecified atom stereocenters. The average molecular weight is 720 g/mol. The molecule has 1 aromatic heterocycles. The minimum absolute atomic E-state index is 0.0999. The highest BCUT2D eigenvalue weighted by Gasteiger charge is 2.48. The highest BCUT2D eigenvalue weighted by molar-refractivity contribution is 8.00. The lowest BCUT2D eigenvalue weighted by atomic mass is 9.95. The molecule has 0 spiro atoms. The lowest BCUT2D eigenvalue weighted by Gasteiger charge is -2.23. The number of ketones is 1. The van der Waals surface area contributed by atoms with E-state index in [0.717, 1.165) is 49.9 Å².